The molecule has 100 valence electrons. The molecule has 2 aromatic heterocycles. The highest BCUT2D eigenvalue weighted by molar-refractivity contribution is 5.35. The molecule has 0 radical (unpaired) electrons. The fourth-order valence-corrected chi connectivity index (χ4v) is 1.29. The summed E-state index contributed by atoms with van der Waals surface area (Å²) in [5.41, 5.74) is -1.61. The summed E-state index contributed by atoms with van der Waals surface area (Å²) in [6.07, 6.45) is -3.85. The van der Waals surface area contributed by atoms with Gasteiger partial charge in [0.2, 0.25) is 5.88 Å². The van der Waals surface area contributed by atoms with E-state index in [1.165, 1.54) is 0 Å². The van der Waals surface area contributed by atoms with E-state index in [0.29, 0.717) is 10.7 Å². The number of alkyl halides is 3. The summed E-state index contributed by atoms with van der Waals surface area (Å²) in [7, 11) is 0. The van der Waals surface area contributed by atoms with Crippen LogP contribution in [0.5, 0.6) is 5.88 Å². The summed E-state index contributed by atoms with van der Waals surface area (Å²) < 4.78 is 37.6. The van der Waals surface area contributed by atoms with Crippen LogP contribution in [0.3, 0.4) is 0 Å². The average molecular weight is 274 g/mol. The van der Waals surface area contributed by atoms with Crippen molar-refractivity contribution in [3.63, 3.8) is 0 Å². The largest absolute Gasteiger partial charge is 0.493 e. The van der Waals surface area contributed by atoms with Gasteiger partial charge in [-0.2, -0.15) is 23.0 Å². The summed E-state index contributed by atoms with van der Waals surface area (Å²) in [5.74, 6) is -0.938. The zero-order chi connectivity index (χ0) is 14.2. The van der Waals surface area contributed by atoms with Gasteiger partial charge >= 0.3 is 6.18 Å². The Morgan fingerprint density at radius 1 is 1.37 bits per heavy atom. The molecule has 0 bridgehead atoms. The van der Waals surface area contributed by atoms with Gasteiger partial charge in [0.25, 0.3) is 5.69 Å². The second kappa shape index (κ2) is 4.23. The van der Waals surface area contributed by atoms with E-state index >= 15 is 0 Å². The van der Waals surface area contributed by atoms with Crippen LogP contribution in [0.25, 0.3) is 5.82 Å². The lowest BCUT2D eigenvalue weighted by molar-refractivity contribution is -0.385. The second-order valence-electron chi connectivity index (χ2n) is 3.43. The molecule has 0 saturated heterocycles. The molecule has 0 fully saturated rings. The number of hydrogen-bond acceptors (Lipinski definition) is 5. The van der Waals surface area contributed by atoms with Crippen LogP contribution in [0.15, 0.2) is 24.4 Å². The van der Waals surface area contributed by atoms with E-state index in [0.717, 1.165) is 18.3 Å². The molecule has 2 aromatic rings. The smallest absolute Gasteiger partial charge is 0.435 e. The Labute approximate surface area is 103 Å². The van der Waals surface area contributed by atoms with Gasteiger partial charge in [-0.1, -0.05) is 0 Å². The molecule has 0 aliphatic rings. The van der Waals surface area contributed by atoms with Gasteiger partial charge in [0, 0.05) is 12.1 Å². The summed E-state index contributed by atoms with van der Waals surface area (Å²) >= 11 is 0. The highest BCUT2D eigenvalue weighted by Gasteiger charge is 2.35. The first-order valence-electron chi connectivity index (χ1n) is 4.76. The van der Waals surface area contributed by atoms with Crippen LogP contribution in [0.2, 0.25) is 0 Å². The van der Waals surface area contributed by atoms with Gasteiger partial charge < -0.3 is 5.11 Å². The third-order valence-electron chi connectivity index (χ3n) is 2.14. The Morgan fingerprint density at radius 3 is 2.47 bits per heavy atom. The van der Waals surface area contributed by atoms with E-state index < -0.39 is 22.7 Å². The van der Waals surface area contributed by atoms with Crippen LogP contribution in [-0.2, 0) is 6.18 Å². The standard InChI is InChI=1S/C9H5F3N4O3/c10-9(11,12)6-3-8(17)15(14-6)7-2-1-5(4-13-7)16(18)19/h1-4,17H. The van der Waals surface area contributed by atoms with Crippen molar-refractivity contribution in [2.24, 2.45) is 0 Å². The lowest BCUT2D eigenvalue weighted by Gasteiger charge is -2.02. The van der Waals surface area contributed by atoms with Crippen LogP contribution < -0.4 is 0 Å². The molecular formula is C9H5F3N4O3. The lowest BCUT2D eigenvalue weighted by Crippen LogP contribution is -2.07. The van der Waals surface area contributed by atoms with Gasteiger partial charge in [-0.25, -0.2) is 4.98 Å². The maximum absolute atomic E-state index is 12.4. The number of halogens is 3. The quantitative estimate of drug-likeness (QED) is 0.666. The lowest BCUT2D eigenvalue weighted by atomic mass is 10.4. The Kier molecular flexibility index (Phi) is 2.85. The predicted octanol–water partition coefficient (Wildman–Crippen LogP) is 1.90. The number of nitrogens with zero attached hydrogens (tertiary/aromatic N) is 4. The summed E-state index contributed by atoms with van der Waals surface area (Å²) in [6, 6.07) is 2.55. The van der Waals surface area contributed by atoms with Crippen LogP contribution >= 0.6 is 0 Å². The molecule has 0 atom stereocenters. The van der Waals surface area contributed by atoms with Gasteiger partial charge in [-0.3, -0.25) is 10.1 Å². The molecule has 0 aromatic carbocycles. The molecule has 19 heavy (non-hydrogen) atoms. The molecule has 1 N–H and O–H groups in total. The number of pyridine rings is 1. The van der Waals surface area contributed by atoms with Gasteiger partial charge in [0.15, 0.2) is 11.5 Å². The van der Waals surface area contributed by atoms with Gasteiger partial charge in [-0.05, 0) is 6.07 Å². The first kappa shape index (κ1) is 12.8. The zero-order valence-electron chi connectivity index (χ0n) is 9.00. The SMILES string of the molecule is O=[N+]([O-])c1ccc(-n2nc(C(F)(F)F)cc2O)nc1. The minimum Gasteiger partial charge on any atom is -0.493 e. The van der Waals surface area contributed by atoms with Crippen LogP contribution in [0.1, 0.15) is 5.69 Å². The molecule has 0 aliphatic heterocycles. The third kappa shape index (κ3) is 2.46. The number of aromatic nitrogens is 3. The zero-order valence-corrected chi connectivity index (χ0v) is 9.00. The minimum atomic E-state index is -4.70. The van der Waals surface area contributed by atoms with E-state index in [4.69, 9.17) is 0 Å². The molecule has 2 heterocycles. The molecule has 7 nitrogen and oxygen atoms in total. The van der Waals surface area contributed by atoms with Crippen LogP contribution in [0.4, 0.5) is 18.9 Å². The number of aromatic hydroxyl groups is 1. The molecule has 10 heteroatoms. The van der Waals surface area contributed by atoms with Crippen molar-refractivity contribution in [2.75, 3.05) is 0 Å². The normalized spacial score (nSPS) is 11.5. The van der Waals surface area contributed by atoms with Gasteiger partial charge in [0.1, 0.15) is 6.20 Å². The van der Waals surface area contributed by atoms with Crippen molar-refractivity contribution in [1.82, 2.24) is 14.8 Å². The number of hydrogen-bond donors (Lipinski definition) is 1. The Hall–Kier alpha value is -2.65. The maximum atomic E-state index is 12.4. The first-order chi connectivity index (χ1) is 8.79. The van der Waals surface area contributed by atoms with Crippen molar-refractivity contribution < 1.29 is 23.2 Å². The summed E-state index contributed by atoms with van der Waals surface area (Å²) in [5, 5.41) is 22.9. The predicted molar refractivity (Wildman–Crippen MR) is 54.7 cm³/mol. The maximum Gasteiger partial charge on any atom is 0.435 e. The first-order valence-corrected chi connectivity index (χ1v) is 4.76. The van der Waals surface area contributed by atoms with Crippen LogP contribution in [0, 0.1) is 10.1 Å². The fourth-order valence-electron chi connectivity index (χ4n) is 1.29. The highest BCUT2D eigenvalue weighted by atomic mass is 19.4. The van der Waals surface area contributed by atoms with Crippen molar-refractivity contribution in [3.05, 3.63) is 40.2 Å². The van der Waals surface area contributed by atoms with E-state index in [-0.39, 0.29) is 11.5 Å². The molecule has 0 spiro atoms. The Bertz CT molecular complexity index is 621. The monoisotopic (exact) mass is 274 g/mol. The molecule has 2 rings (SSSR count). The molecule has 0 unspecified atom stereocenters. The minimum absolute atomic E-state index is 0.168. The number of rotatable bonds is 2. The third-order valence-corrected chi connectivity index (χ3v) is 2.14. The van der Waals surface area contributed by atoms with Crippen molar-refractivity contribution in [3.8, 4) is 11.7 Å². The number of nitro groups is 1. The average Bonchev–Trinajstić information content (AvgIpc) is 2.71. The molecule has 0 aliphatic carbocycles. The topological polar surface area (TPSA) is 94.1 Å². The van der Waals surface area contributed by atoms with E-state index in [2.05, 4.69) is 10.1 Å². The second-order valence-corrected chi connectivity index (χ2v) is 3.43. The van der Waals surface area contributed by atoms with E-state index in [1.54, 1.807) is 0 Å². The summed E-state index contributed by atoms with van der Waals surface area (Å²) in [4.78, 5) is 13.2. The Balaban J connectivity index is 2.42. The van der Waals surface area contributed by atoms with Crippen molar-refractivity contribution >= 4 is 5.69 Å². The molecule has 0 amide bonds. The summed E-state index contributed by atoms with van der Waals surface area (Å²) in [6.45, 7) is 0. The van der Waals surface area contributed by atoms with Crippen LogP contribution in [-0.4, -0.2) is 24.8 Å². The Morgan fingerprint density at radius 2 is 2.05 bits per heavy atom. The van der Waals surface area contributed by atoms with E-state index in [9.17, 15) is 28.4 Å². The van der Waals surface area contributed by atoms with E-state index in [1.807, 2.05) is 0 Å². The highest BCUT2D eigenvalue weighted by Crippen LogP contribution is 2.31. The fraction of sp³-hybridized carbons (Fsp3) is 0.111. The molecular weight excluding hydrogens is 269 g/mol. The van der Waals surface area contributed by atoms with Gasteiger partial charge in [0.05, 0.1) is 4.92 Å². The van der Waals surface area contributed by atoms with Gasteiger partial charge in [-0.15, -0.1) is 0 Å². The molecule has 0 saturated carbocycles. The van der Waals surface area contributed by atoms with Crippen molar-refractivity contribution in [2.45, 2.75) is 6.18 Å². The van der Waals surface area contributed by atoms with Crippen molar-refractivity contribution in [1.29, 1.82) is 0 Å².